The largest absolute Gasteiger partial charge is 0.494 e. The van der Waals surface area contributed by atoms with Gasteiger partial charge in [0.05, 0.1) is 25.0 Å². The summed E-state index contributed by atoms with van der Waals surface area (Å²) in [7, 11) is 0. The zero-order chi connectivity index (χ0) is 25.6. The van der Waals surface area contributed by atoms with Crippen LogP contribution >= 0.6 is 0 Å². The van der Waals surface area contributed by atoms with E-state index < -0.39 is 23.6 Å². The van der Waals surface area contributed by atoms with Gasteiger partial charge in [0.25, 0.3) is 0 Å². The SMILES string of the molecule is CC1NC(=O)C(CC(=O)O)Cc2ccc(OCCCN(C(=O)OC(C)(C)C)c3ccccn3)cc21. The molecule has 35 heavy (non-hydrogen) atoms. The highest BCUT2D eigenvalue weighted by atomic mass is 16.6. The molecule has 0 bridgehead atoms. The van der Waals surface area contributed by atoms with Gasteiger partial charge in [0.1, 0.15) is 17.2 Å². The van der Waals surface area contributed by atoms with Crippen LogP contribution in [-0.2, 0) is 20.7 Å². The average Bonchev–Trinajstić information content (AvgIpc) is 2.88. The van der Waals surface area contributed by atoms with Gasteiger partial charge in [0.2, 0.25) is 5.91 Å². The Labute approximate surface area is 205 Å². The van der Waals surface area contributed by atoms with Gasteiger partial charge in [-0.2, -0.15) is 0 Å². The second-order valence-corrected chi connectivity index (χ2v) is 9.61. The molecule has 9 nitrogen and oxygen atoms in total. The van der Waals surface area contributed by atoms with E-state index in [-0.39, 0.29) is 18.4 Å². The first-order valence-corrected chi connectivity index (χ1v) is 11.7. The Hall–Kier alpha value is -3.62. The zero-order valence-corrected chi connectivity index (χ0v) is 20.6. The summed E-state index contributed by atoms with van der Waals surface area (Å²) in [4.78, 5) is 42.0. The topological polar surface area (TPSA) is 118 Å². The summed E-state index contributed by atoms with van der Waals surface area (Å²) < 4.78 is 11.5. The van der Waals surface area contributed by atoms with Crippen LogP contribution in [0.5, 0.6) is 5.75 Å². The molecule has 1 aromatic heterocycles. The minimum atomic E-state index is -0.993. The Balaban J connectivity index is 1.63. The highest BCUT2D eigenvalue weighted by molar-refractivity contribution is 5.86. The molecule has 0 spiro atoms. The zero-order valence-electron chi connectivity index (χ0n) is 20.6. The molecule has 1 aliphatic rings. The minimum absolute atomic E-state index is 0.208. The number of nitrogens with one attached hydrogen (secondary N) is 1. The van der Waals surface area contributed by atoms with E-state index in [4.69, 9.17) is 14.6 Å². The van der Waals surface area contributed by atoms with Crippen molar-refractivity contribution in [2.75, 3.05) is 18.1 Å². The van der Waals surface area contributed by atoms with Gasteiger partial charge in [-0.15, -0.1) is 0 Å². The Morgan fingerprint density at radius 2 is 2.00 bits per heavy atom. The molecule has 0 fully saturated rings. The van der Waals surface area contributed by atoms with E-state index in [1.807, 2.05) is 52.0 Å². The van der Waals surface area contributed by atoms with Gasteiger partial charge >= 0.3 is 12.1 Å². The van der Waals surface area contributed by atoms with Gasteiger partial charge in [-0.1, -0.05) is 12.1 Å². The van der Waals surface area contributed by atoms with Crippen molar-refractivity contribution in [1.82, 2.24) is 10.3 Å². The molecule has 0 aliphatic carbocycles. The second kappa shape index (κ2) is 11.2. The third-order valence-electron chi connectivity index (χ3n) is 5.54. The Bertz CT molecular complexity index is 1050. The number of fused-ring (bicyclic) bond motifs is 1. The molecule has 2 atom stereocenters. The molecular formula is C26H33N3O6. The quantitative estimate of drug-likeness (QED) is 0.542. The monoisotopic (exact) mass is 483 g/mol. The number of carbonyl (C=O) groups is 3. The van der Waals surface area contributed by atoms with Crippen molar-refractivity contribution in [3.8, 4) is 5.75 Å². The molecule has 2 amide bonds. The Kier molecular flexibility index (Phi) is 8.32. The fourth-order valence-corrected chi connectivity index (χ4v) is 3.94. The van der Waals surface area contributed by atoms with E-state index in [9.17, 15) is 14.4 Å². The smallest absolute Gasteiger partial charge is 0.416 e. The summed E-state index contributed by atoms with van der Waals surface area (Å²) in [6, 6.07) is 10.7. The van der Waals surface area contributed by atoms with Crippen molar-refractivity contribution in [3.63, 3.8) is 0 Å². The van der Waals surface area contributed by atoms with E-state index in [1.165, 1.54) is 4.90 Å². The number of ether oxygens (including phenoxy) is 2. The number of carboxylic acid groups (broad SMARTS) is 1. The number of rotatable bonds is 8. The number of carbonyl (C=O) groups excluding carboxylic acids is 2. The number of carboxylic acids is 1. The van der Waals surface area contributed by atoms with Crippen molar-refractivity contribution in [2.24, 2.45) is 5.92 Å². The molecule has 0 radical (unpaired) electrons. The predicted molar refractivity (Wildman–Crippen MR) is 130 cm³/mol. The number of aromatic nitrogens is 1. The predicted octanol–water partition coefficient (Wildman–Crippen LogP) is 4.12. The molecule has 9 heteroatoms. The fraction of sp³-hybridized carbons (Fsp3) is 0.462. The number of nitrogens with zero attached hydrogens (tertiary/aromatic N) is 2. The highest BCUT2D eigenvalue weighted by Crippen LogP contribution is 2.30. The van der Waals surface area contributed by atoms with E-state index in [0.717, 1.165) is 11.1 Å². The summed E-state index contributed by atoms with van der Waals surface area (Å²) in [6.45, 7) is 8.03. The number of hydrogen-bond acceptors (Lipinski definition) is 6. The first-order valence-electron chi connectivity index (χ1n) is 11.7. The van der Waals surface area contributed by atoms with Crippen LogP contribution in [0.1, 0.15) is 57.7 Å². The summed E-state index contributed by atoms with van der Waals surface area (Å²) in [5, 5.41) is 12.0. The van der Waals surface area contributed by atoms with Crippen LogP contribution in [0.4, 0.5) is 10.6 Å². The molecule has 2 unspecified atom stereocenters. The molecule has 2 heterocycles. The van der Waals surface area contributed by atoms with Crippen LogP contribution in [-0.4, -0.2) is 46.8 Å². The summed E-state index contributed by atoms with van der Waals surface area (Å²) in [5.74, 6) is -0.702. The average molecular weight is 484 g/mol. The number of anilines is 1. The normalized spacial score (nSPS) is 17.5. The molecule has 0 saturated heterocycles. The minimum Gasteiger partial charge on any atom is -0.494 e. The number of amides is 2. The van der Waals surface area contributed by atoms with Crippen molar-refractivity contribution < 1.29 is 29.0 Å². The number of aliphatic carboxylic acids is 1. The summed E-state index contributed by atoms with van der Waals surface area (Å²) in [5.41, 5.74) is 1.21. The second-order valence-electron chi connectivity index (χ2n) is 9.61. The van der Waals surface area contributed by atoms with E-state index >= 15 is 0 Å². The molecule has 2 aromatic rings. The molecular weight excluding hydrogens is 450 g/mol. The van der Waals surface area contributed by atoms with Crippen molar-refractivity contribution in [2.45, 2.75) is 58.6 Å². The van der Waals surface area contributed by atoms with E-state index in [1.54, 1.807) is 18.3 Å². The number of benzene rings is 1. The van der Waals surface area contributed by atoms with Gasteiger partial charge < -0.3 is 19.9 Å². The molecule has 1 aromatic carbocycles. The van der Waals surface area contributed by atoms with Gasteiger partial charge in [-0.25, -0.2) is 9.78 Å². The lowest BCUT2D eigenvalue weighted by Crippen LogP contribution is -2.38. The summed E-state index contributed by atoms with van der Waals surface area (Å²) >= 11 is 0. The molecule has 188 valence electrons. The van der Waals surface area contributed by atoms with Crippen LogP contribution in [0, 0.1) is 5.92 Å². The van der Waals surface area contributed by atoms with Gasteiger partial charge in [-0.3, -0.25) is 14.5 Å². The lowest BCUT2D eigenvalue weighted by Gasteiger charge is -2.26. The van der Waals surface area contributed by atoms with Gasteiger partial charge in [0, 0.05) is 12.7 Å². The molecule has 2 N–H and O–H groups in total. The first kappa shape index (κ1) is 26.0. The van der Waals surface area contributed by atoms with Crippen molar-refractivity contribution in [3.05, 3.63) is 53.7 Å². The number of pyridine rings is 1. The fourth-order valence-electron chi connectivity index (χ4n) is 3.94. The number of hydrogen-bond donors (Lipinski definition) is 2. The van der Waals surface area contributed by atoms with Crippen molar-refractivity contribution >= 4 is 23.8 Å². The molecule has 0 saturated carbocycles. The third kappa shape index (κ3) is 7.43. The maximum atomic E-state index is 12.7. The first-order chi connectivity index (χ1) is 16.5. The standard InChI is InChI=1S/C26H33N3O6/c1-17-21-16-20(10-9-18(21)14-19(15-23(30)31)24(32)28-17)34-13-7-12-29(22-8-5-6-11-27-22)25(33)35-26(2,3)4/h5-6,8-11,16-17,19H,7,12-15H2,1-4H3,(H,28,32)(H,30,31). The van der Waals surface area contributed by atoms with Crippen LogP contribution in [0.15, 0.2) is 42.6 Å². The third-order valence-corrected chi connectivity index (χ3v) is 5.54. The van der Waals surface area contributed by atoms with E-state index in [2.05, 4.69) is 10.3 Å². The lowest BCUT2D eigenvalue weighted by molar-refractivity contribution is -0.141. The van der Waals surface area contributed by atoms with Gasteiger partial charge in [0.15, 0.2) is 0 Å². The Morgan fingerprint density at radius 3 is 2.66 bits per heavy atom. The van der Waals surface area contributed by atoms with Crippen LogP contribution in [0.2, 0.25) is 0 Å². The molecule has 1 aliphatic heterocycles. The maximum Gasteiger partial charge on any atom is 0.416 e. The lowest BCUT2D eigenvalue weighted by atomic mass is 9.93. The van der Waals surface area contributed by atoms with Crippen LogP contribution < -0.4 is 15.0 Å². The van der Waals surface area contributed by atoms with Crippen molar-refractivity contribution in [1.29, 1.82) is 0 Å². The van der Waals surface area contributed by atoms with Crippen LogP contribution in [0.3, 0.4) is 0 Å². The molecule has 3 rings (SSSR count). The van der Waals surface area contributed by atoms with Gasteiger partial charge in [-0.05, 0) is 75.9 Å². The summed E-state index contributed by atoms with van der Waals surface area (Å²) in [6.07, 6.45) is 1.86. The van der Waals surface area contributed by atoms with E-state index in [0.29, 0.717) is 37.6 Å². The van der Waals surface area contributed by atoms with Crippen LogP contribution in [0.25, 0.3) is 0 Å². The Morgan fingerprint density at radius 1 is 1.23 bits per heavy atom. The maximum absolute atomic E-state index is 12.7. The highest BCUT2D eigenvalue weighted by Gasteiger charge is 2.29.